The summed E-state index contributed by atoms with van der Waals surface area (Å²) in [6.07, 6.45) is 0. The third-order valence-electron chi connectivity index (χ3n) is 4.50. The molecule has 0 unspecified atom stereocenters. The molecular weight excluding hydrogens is 428 g/mol. The number of carbonyl (C=O) groups excluding carboxylic acids is 2. The van der Waals surface area contributed by atoms with Gasteiger partial charge in [0.15, 0.2) is 16.8 Å². The van der Waals surface area contributed by atoms with Gasteiger partial charge in [-0.3, -0.25) is 14.2 Å². The van der Waals surface area contributed by atoms with E-state index in [0.29, 0.717) is 23.0 Å². The minimum Gasteiger partial charge on any atom is -0.326 e. The molecule has 2 aromatic heterocycles. The van der Waals surface area contributed by atoms with E-state index < -0.39 is 0 Å². The van der Waals surface area contributed by atoms with E-state index in [1.807, 2.05) is 35.7 Å². The van der Waals surface area contributed by atoms with Crippen LogP contribution in [0.4, 0.5) is 5.69 Å². The lowest BCUT2D eigenvalue weighted by Crippen LogP contribution is -2.08. The van der Waals surface area contributed by atoms with Gasteiger partial charge in [0, 0.05) is 18.2 Å². The van der Waals surface area contributed by atoms with Crippen molar-refractivity contribution in [1.82, 2.24) is 14.8 Å². The fourth-order valence-electron chi connectivity index (χ4n) is 3.05. The molecule has 0 spiro atoms. The summed E-state index contributed by atoms with van der Waals surface area (Å²) >= 11 is 2.99. The zero-order valence-electron chi connectivity index (χ0n) is 16.8. The molecule has 0 saturated heterocycles. The van der Waals surface area contributed by atoms with Gasteiger partial charge in [0.2, 0.25) is 5.91 Å². The molecule has 0 bridgehead atoms. The second-order valence-electron chi connectivity index (χ2n) is 6.83. The Bertz CT molecular complexity index is 1170. The van der Waals surface area contributed by atoms with Gasteiger partial charge in [-0.05, 0) is 41.3 Å². The highest BCUT2D eigenvalue weighted by atomic mass is 32.2. The lowest BCUT2D eigenvalue weighted by molar-refractivity contribution is -0.114. The Labute approximate surface area is 188 Å². The maximum absolute atomic E-state index is 12.7. The number of hydrogen-bond donors (Lipinski definition) is 1. The van der Waals surface area contributed by atoms with Crippen LogP contribution < -0.4 is 5.32 Å². The Hall–Kier alpha value is -3.23. The van der Waals surface area contributed by atoms with Crippen LogP contribution in [0.3, 0.4) is 0 Å². The van der Waals surface area contributed by atoms with Crippen LogP contribution in [0.1, 0.15) is 22.8 Å². The summed E-state index contributed by atoms with van der Waals surface area (Å²) < 4.78 is 2.05. The molecule has 1 amide bonds. The van der Waals surface area contributed by atoms with E-state index in [2.05, 4.69) is 32.2 Å². The van der Waals surface area contributed by atoms with Gasteiger partial charge in [-0.2, -0.15) is 0 Å². The first kappa shape index (κ1) is 21.0. The minimum absolute atomic E-state index is 0.00805. The summed E-state index contributed by atoms with van der Waals surface area (Å²) in [6.45, 7) is 2.08. The summed E-state index contributed by atoms with van der Waals surface area (Å²) in [7, 11) is 0. The number of aromatic nitrogens is 3. The van der Waals surface area contributed by atoms with Gasteiger partial charge in [-0.15, -0.1) is 21.5 Å². The van der Waals surface area contributed by atoms with E-state index in [-0.39, 0.29) is 17.4 Å². The highest BCUT2D eigenvalue weighted by Crippen LogP contribution is 2.28. The molecule has 0 atom stereocenters. The maximum atomic E-state index is 12.7. The standard InChI is InChI=1S/C23H20N4O2S2/c1-16(28)24-19-11-9-18(10-12-19)20(29)15-31-23-26-25-22(21-8-5-13-30-21)27(23)14-17-6-3-2-4-7-17/h2-13H,14-15H2,1H3,(H,24,28). The van der Waals surface area contributed by atoms with Gasteiger partial charge in [0.05, 0.1) is 17.2 Å². The van der Waals surface area contributed by atoms with Crippen molar-refractivity contribution >= 4 is 40.5 Å². The molecule has 0 aliphatic rings. The lowest BCUT2D eigenvalue weighted by atomic mass is 10.1. The second kappa shape index (κ2) is 9.72. The number of Topliss-reactive ketones (excluding diaryl/α,β-unsaturated/α-hetero) is 1. The van der Waals surface area contributed by atoms with E-state index in [0.717, 1.165) is 16.3 Å². The average Bonchev–Trinajstić information content (AvgIpc) is 3.43. The van der Waals surface area contributed by atoms with Crippen LogP contribution in [0.5, 0.6) is 0 Å². The van der Waals surface area contributed by atoms with Crippen molar-refractivity contribution < 1.29 is 9.59 Å². The number of thioether (sulfide) groups is 1. The van der Waals surface area contributed by atoms with Crippen molar-refractivity contribution in [1.29, 1.82) is 0 Å². The molecule has 0 aliphatic carbocycles. The molecule has 0 aliphatic heterocycles. The van der Waals surface area contributed by atoms with E-state index in [4.69, 9.17) is 0 Å². The van der Waals surface area contributed by atoms with Crippen LogP contribution >= 0.6 is 23.1 Å². The van der Waals surface area contributed by atoms with Crippen molar-refractivity contribution in [3.8, 4) is 10.7 Å². The quantitative estimate of drug-likeness (QED) is 0.304. The van der Waals surface area contributed by atoms with Crippen LogP contribution in [0.15, 0.2) is 77.3 Å². The van der Waals surface area contributed by atoms with Crippen LogP contribution in [0, 0.1) is 0 Å². The summed E-state index contributed by atoms with van der Waals surface area (Å²) in [5.74, 6) is 0.894. The summed E-state index contributed by atoms with van der Waals surface area (Å²) in [5.41, 5.74) is 2.40. The zero-order valence-corrected chi connectivity index (χ0v) is 18.5. The number of nitrogens with one attached hydrogen (secondary N) is 1. The molecule has 1 N–H and O–H groups in total. The zero-order chi connectivity index (χ0) is 21.6. The number of amides is 1. The number of anilines is 1. The van der Waals surface area contributed by atoms with Crippen molar-refractivity contribution in [2.75, 3.05) is 11.1 Å². The number of rotatable bonds is 8. The third-order valence-corrected chi connectivity index (χ3v) is 6.33. The molecule has 8 heteroatoms. The topological polar surface area (TPSA) is 76.9 Å². The highest BCUT2D eigenvalue weighted by Gasteiger charge is 2.17. The van der Waals surface area contributed by atoms with Crippen molar-refractivity contribution in [3.63, 3.8) is 0 Å². The number of carbonyl (C=O) groups is 2. The van der Waals surface area contributed by atoms with E-state index in [9.17, 15) is 9.59 Å². The molecule has 4 aromatic rings. The molecular formula is C23H20N4O2S2. The summed E-state index contributed by atoms with van der Waals surface area (Å²) in [6, 6.07) is 21.0. The Morgan fingerprint density at radius 2 is 1.77 bits per heavy atom. The number of thiophene rings is 1. The minimum atomic E-state index is -0.145. The van der Waals surface area contributed by atoms with Crippen molar-refractivity contribution in [2.45, 2.75) is 18.6 Å². The second-order valence-corrected chi connectivity index (χ2v) is 8.72. The lowest BCUT2D eigenvalue weighted by Gasteiger charge is -2.09. The molecule has 31 heavy (non-hydrogen) atoms. The first-order valence-corrected chi connectivity index (χ1v) is 11.5. The van der Waals surface area contributed by atoms with E-state index >= 15 is 0 Å². The Morgan fingerprint density at radius 1 is 1.00 bits per heavy atom. The molecule has 0 radical (unpaired) electrons. The van der Waals surface area contributed by atoms with Crippen LogP contribution in [-0.4, -0.2) is 32.2 Å². The van der Waals surface area contributed by atoms with E-state index in [1.54, 1.807) is 35.6 Å². The molecule has 156 valence electrons. The van der Waals surface area contributed by atoms with Gasteiger partial charge in [-0.1, -0.05) is 48.2 Å². The van der Waals surface area contributed by atoms with Gasteiger partial charge in [0.1, 0.15) is 0 Å². The fourth-order valence-corrected chi connectivity index (χ4v) is 4.60. The molecule has 0 fully saturated rings. The number of nitrogens with zero attached hydrogens (tertiary/aromatic N) is 3. The van der Waals surface area contributed by atoms with Crippen molar-refractivity contribution in [3.05, 3.63) is 83.2 Å². The summed E-state index contributed by atoms with van der Waals surface area (Å²) in [4.78, 5) is 24.9. The SMILES string of the molecule is CC(=O)Nc1ccc(C(=O)CSc2nnc(-c3cccs3)n2Cc2ccccc2)cc1. The smallest absolute Gasteiger partial charge is 0.221 e. The molecule has 0 saturated carbocycles. The molecule has 4 rings (SSSR count). The first-order chi connectivity index (χ1) is 15.1. The average molecular weight is 449 g/mol. The maximum Gasteiger partial charge on any atom is 0.221 e. The Kier molecular flexibility index (Phi) is 6.59. The third kappa shape index (κ3) is 5.28. The number of hydrogen-bond acceptors (Lipinski definition) is 6. The van der Waals surface area contributed by atoms with Crippen LogP contribution in [-0.2, 0) is 11.3 Å². The fraction of sp³-hybridized carbons (Fsp3) is 0.130. The predicted octanol–water partition coefficient (Wildman–Crippen LogP) is 4.99. The van der Waals surface area contributed by atoms with Gasteiger partial charge in [0.25, 0.3) is 0 Å². The van der Waals surface area contributed by atoms with Crippen LogP contribution in [0.25, 0.3) is 10.7 Å². The van der Waals surface area contributed by atoms with Crippen LogP contribution in [0.2, 0.25) is 0 Å². The first-order valence-electron chi connectivity index (χ1n) is 9.65. The highest BCUT2D eigenvalue weighted by molar-refractivity contribution is 7.99. The number of benzene rings is 2. The normalized spacial score (nSPS) is 10.7. The monoisotopic (exact) mass is 448 g/mol. The molecule has 2 heterocycles. The molecule has 2 aromatic carbocycles. The van der Waals surface area contributed by atoms with E-state index in [1.165, 1.54) is 18.7 Å². The Morgan fingerprint density at radius 3 is 2.45 bits per heavy atom. The van der Waals surface area contributed by atoms with Gasteiger partial charge < -0.3 is 5.32 Å². The van der Waals surface area contributed by atoms with Gasteiger partial charge >= 0.3 is 0 Å². The molecule has 6 nitrogen and oxygen atoms in total. The summed E-state index contributed by atoms with van der Waals surface area (Å²) in [5, 5.41) is 14.2. The van der Waals surface area contributed by atoms with Crippen molar-refractivity contribution in [2.24, 2.45) is 0 Å². The largest absolute Gasteiger partial charge is 0.326 e. The Balaban J connectivity index is 1.51. The predicted molar refractivity (Wildman–Crippen MR) is 125 cm³/mol. The number of ketones is 1. The van der Waals surface area contributed by atoms with Gasteiger partial charge in [-0.25, -0.2) is 0 Å².